The van der Waals surface area contributed by atoms with Crippen LogP contribution in [0.25, 0.3) is 10.9 Å². The number of aromatic nitrogens is 1. The minimum absolute atomic E-state index is 0.193. The van der Waals surface area contributed by atoms with Gasteiger partial charge in [0.15, 0.2) is 0 Å². The van der Waals surface area contributed by atoms with Crippen molar-refractivity contribution in [2.45, 2.75) is 31.3 Å². The summed E-state index contributed by atoms with van der Waals surface area (Å²) in [7, 11) is 0. The number of fused-ring (bicyclic) bond motifs is 1. The van der Waals surface area contributed by atoms with Crippen LogP contribution in [-0.2, 0) is 11.2 Å². The Labute approximate surface area is 116 Å². The first-order valence-electron chi connectivity index (χ1n) is 6.64. The summed E-state index contributed by atoms with van der Waals surface area (Å²) in [5, 5.41) is 29.0. The smallest absolute Gasteiger partial charge is 0.137 e. The lowest BCUT2D eigenvalue weighted by Gasteiger charge is -2.14. The van der Waals surface area contributed by atoms with Crippen LogP contribution < -0.4 is 0 Å². The number of nitriles is 1. The van der Waals surface area contributed by atoms with Crippen molar-refractivity contribution in [3.8, 4) is 6.07 Å². The van der Waals surface area contributed by atoms with Gasteiger partial charge in [-0.3, -0.25) is 0 Å². The van der Waals surface area contributed by atoms with Crippen LogP contribution >= 0.6 is 0 Å². The molecule has 0 amide bonds. The summed E-state index contributed by atoms with van der Waals surface area (Å²) in [6.07, 6.45) is 1.18. The van der Waals surface area contributed by atoms with E-state index in [0.29, 0.717) is 12.8 Å². The Kier molecular flexibility index (Phi) is 3.45. The summed E-state index contributed by atoms with van der Waals surface area (Å²) in [5.41, 5.74) is 1.93. The number of rotatable bonds is 3. The Bertz CT molecular complexity index is 659. The van der Waals surface area contributed by atoms with Gasteiger partial charge in [0.1, 0.15) is 12.3 Å². The van der Waals surface area contributed by atoms with Crippen LogP contribution in [0.3, 0.4) is 0 Å². The van der Waals surface area contributed by atoms with E-state index in [-0.39, 0.29) is 12.8 Å². The third kappa shape index (κ3) is 2.08. The van der Waals surface area contributed by atoms with Crippen molar-refractivity contribution in [1.29, 1.82) is 5.26 Å². The SMILES string of the molecule is N#CCc1cn([C@H]2C[C@H](O)[C@@H](CO)O2)c2ccccc12. The molecule has 5 nitrogen and oxygen atoms in total. The summed E-state index contributed by atoms with van der Waals surface area (Å²) in [5.74, 6) is 0. The molecule has 0 unspecified atom stereocenters. The highest BCUT2D eigenvalue weighted by Gasteiger charge is 2.34. The molecule has 0 saturated carbocycles. The van der Waals surface area contributed by atoms with Gasteiger partial charge in [0.2, 0.25) is 0 Å². The van der Waals surface area contributed by atoms with Gasteiger partial charge in [-0.1, -0.05) is 18.2 Å². The van der Waals surface area contributed by atoms with Crippen LogP contribution in [0.1, 0.15) is 18.2 Å². The van der Waals surface area contributed by atoms with Crippen molar-refractivity contribution in [3.63, 3.8) is 0 Å². The molecule has 1 saturated heterocycles. The lowest BCUT2D eigenvalue weighted by atomic mass is 10.1. The number of benzene rings is 1. The summed E-state index contributed by atoms with van der Waals surface area (Å²) < 4.78 is 7.63. The first-order valence-corrected chi connectivity index (χ1v) is 6.64. The molecule has 104 valence electrons. The number of hydrogen-bond acceptors (Lipinski definition) is 4. The monoisotopic (exact) mass is 272 g/mol. The van der Waals surface area contributed by atoms with E-state index < -0.39 is 12.2 Å². The molecular formula is C15H16N2O3. The summed E-state index contributed by atoms with van der Waals surface area (Å²) >= 11 is 0. The molecule has 2 heterocycles. The average Bonchev–Trinajstić information content (AvgIpc) is 3.01. The van der Waals surface area contributed by atoms with E-state index in [1.165, 1.54) is 0 Å². The maximum Gasteiger partial charge on any atom is 0.137 e. The molecule has 20 heavy (non-hydrogen) atoms. The number of nitrogens with zero attached hydrogens (tertiary/aromatic N) is 2. The third-order valence-electron chi connectivity index (χ3n) is 3.79. The molecule has 0 bridgehead atoms. The molecule has 0 aliphatic carbocycles. The fourth-order valence-electron chi connectivity index (χ4n) is 2.79. The Hall–Kier alpha value is -1.87. The van der Waals surface area contributed by atoms with Crippen molar-refractivity contribution >= 4 is 10.9 Å². The molecular weight excluding hydrogens is 256 g/mol. The Balaban J connectivity index is 2.02. The molecule has 1 aliphatic rings. The lowest BCUT2D eigenvalue weighted by Crippen LogP contribution is -2.24. The van der Waals surface area contributed by atoms with Crippen LogP contribution in [0.2, 0.25) is 0 Å². The van der Waals surface area contributed by atoms with Crippen molar-refractivity contribution in [1.82, 2.24) is 4.57 Å². The normalized spacial score (nSPS) is 25.9. The topological polar surface area (TPSA) is 78.4 Å². The van der Waals surface area contributed by atoms with E-state index in [0.717, 1.165) is 16.5 Å². The molecule has 3 atom stereocenters. The van der Waals surface area contributed by atoms with Crippen LogP contribution in [-0.4, -0.2) is 33.6 Å². The van der Waals surface area contributed by atoms with Gasteiger partial charge >= 0.3 is 0 Å². The number of hydrogen-bond donors (Lipinski definition) is 2. The lowest BCUT2D eigenvalue weighted by molar-refractivity contribution is -0.0429. The van der Waals surface area contributed by atoms with Gasteiger partial charge in [-0.15, -0.1) is 0 Å². The summed E-state index contributed by atoms with van der Waals surface area (Å²) in [4.78, 5) is 0. The van der Waals surface area contributed by atoms with E-state index in [2.05, 4.69) is 6.07 Å². The molecule has 2 aromatic rings. The highest BCUT2D eigenvalue weighted by Crippen LogP contribution is 2.33. The zero-order valence-corrected chi connectivity index (χ0v) is 10.9. The van der Waals surface area contributed by atoms with Gasteiger partial charge in [-0.2, -0.15) is 5.26 Å². The van der Waals surface area contributed by atoms with Crippen molar-refractivity contribution < 1.29 is 14.9 Å². The molecule has 5 heteroatoms. The first-order chi connectivity index (χ1) is 9.74. The molecule has 2 N–H and O–H groups in total. The second-order valence-corrected chi connectivity index (χ2v) is 5.03. The molecule has 3 rings (SSSR count). The van der Waals surface area contributed by atoms with E-state index in [4.69, 9.17) is 15.1 Å². The van der Waals surface area contributed by atoms with Crippen molar-refractivity contribution in [2.75, 3.05) is 6.61 Å². The molecule has 1 aromatic carbocycles. The van der Waals surface area contributed by atoms with Crippen molar-refractivity contribution in [3.05, 3.63) is 36.0 Å². The number of aliphatic hydroxyl groups is 2. The van der Waals surface area contributed by atoms with Crippen LogP contribution in [0.4, 0.5) is 0 Å². The fraction of sp³-hybridized carbons (Fsp3) is 0.400. The number of aliphatic hydroxyl groups excluding tert-OH is 2. The van der Waals surface area contributed by atoms with Gasteiger partial charge < -0.3 is 19.5 Å². The minimum atomic E-state index is -0.662. The maximum atomic E-state index is 9.85. The second kappa shape index (κ2) is 5.25. The summed E-state index contributed by atoms with van der Waals surface area (Å²) in [6, 6.07) is 9.99. The van der Waals surface area contributed by atoms with E-state index >= 15 is 0 Å². The highest BCUT2D eigenvalue weighted by molar-refractivity contribution is 5.84. The van der Waals surface area contributed by atoms with Crippen molar-refractivity contribution in [2.24, 2.45) is 0 Å². The largest absolute Gasteiger partial charge is 0.394 e. The predicted molar refractivity (Wildman–Crippen MR) is 72.9 cm³/mol. The zero-order valence-electron chi connectivity index (χ0n) is 10.9. The predicted octanol–water partition coefficient (Wildman–Crippen LogP) is 1.35. The van der Waals surface area contributed by atoms with Crippen LogP contribution in [0.15, 0.2) is 30.5 Å². The second-order valence-electron chi connectivity index (χ2n) is 5.03. The number of para-hydroxylation sites is 1. The molecule has 0 radical (unpaired) electrons. The van der Waals surface area contributed by atoms with E-state index in [1.54, 1.807) is 0 Å². The van der Waals surface area contributed by atoms with E-state index in [1.807, 2.05) is 35.0 Å². The van der Waals surface area contributed by atoms with E-state index in [9.17, 15) is 5.11 Å². The average molecular weight is 272 g/mol. The van der Waals surface area contributed by atoms with Gasteiger partial charge in [0, 0.05) is 18.0 Å². The fourth-order valence-corrected chi connectivity index (χ4v) is 2.79. The maximum absolute atomic E-state index is 9.85. The Morgan fingerprint density at radius 1 is 1.40 bits per heavy atom. The van der Waals surface area contributed by atoms with Crippen LogP contribution in [0, 0.1) is 11.3 Å². The van der Waals surface area contributed by atoms with Gasteiger partial charge in [0.25, 0.3) is 0 Å². The van der Waals surface area contributed by atoms with Gasteiger partial charge in [0.05, 0.1) is 30.7 Å². The third-order valence-corrected chi connectivity index (χ3v) is 3.79. The molecule has 1 aliphatic heterocycles. The Morgan fingerprint density at radius 3 is 2.90 bits per heavy atom. The highest BCUT2D eigenvalue weighted by atomic mass is 16.5. The quantitative estimate of drug-likeness (QED) is 0.884. The van der Waals surface area contributed by atoms with Crippen LogP contribution in [0.5, 0.6) is 0 Å². The molecule has 1 aromatic heterocycles. The molecule has 1 fully saturated rings. The summed E-state index contributed by atoms with van der Waals surface area (Å²) in [6.45, 7) is -0.193. The zero-order chi connectivity index (χ0) is 14.1. The van der Waals surface area contributed by atoms with Gasteiger partial charge in [-0.05, 0) is 11.6 Å². The minimum Gasteiger partial charge on any atom is -0.394 e. The molecule has 0 spiro atoms. The number of ether oxygens (including phenoxy) is 1. The standard InChI is InChI=1S/C15H16N2O3/c16-6-5-10-8-17(12-4-2-1-3-11(10)12)15-7-13(19)14(9-18)20-15/h1-4,8,13-15,18-19H,5,7,9H2/t13-,14+,15+/m0/s1. The van der Waals surface area contributed by atoms with Gasteiger partial charge in [-0.25, -0.2) is 0 Å². The first kappa shape index (κ1) is 13.1. The Morgan fingerprint density at radius 2 is 2.20 bits per heavy atom.